The van der Waals surface area contributed by atoms with Crippen LogP contribution in [0.25, 0.3) is 10.2 Å². The minimum Gasteiger partial charge on any atom is -0.493 e. The van der Waals surface area contributed by atoms with E-state index < -0.39 is 21.5 Å². The SMILES string of the molecule is COc1ccc2sc(N3CCN(C(=O)CS(=O)(=O)c4ccc(Cl)cc4)CC3)nc2c1OC. The Morgan fingerprint density at radius 3 is 2.38 bits per heavy atom. The number of anilines is 1. The lowest BCUT2D eigenvalue weighted by Gasteiger charge is -2.34. The lowest BCUT2D eigenvalue weighted by molar-refractivity contribution is -0.128. The summed E-state index contributed by atoms with van der Waals surface area (Å²) < 4.78 is 36.9. The number of hydrogen-bond acceptors (Lipinski definition) is 8. The molecule has 1 aliphatic heterocycles. The van der Waals surface area contributed by atoms with Crippen molar-refractivity contribution in [3.8, 4) is 11.5 Å². The molecule has 0 unspecified atom stereocenters. The monoisotopic (exact) mass is 495 g/mol. The molecular weight excluding hydrogens is 474 g/mol. The number of aromatic nitrogens is 1. The van der Waals surface area contributed by atoms with Crippen LogP contribution in [0.4, 0.5) is 5.13 Å². The zero-order valence-electron chi connectivity index (χ0n) is 17.6. The summed E-state index contributed by atoms with van der Waals surface area (Å²) in [4.78, 5) is 21.1. The molecule has 11 heteroatoms. The first-order valence-corrected chi connectivity index (χ1v) is 12.7. The zero-order valence-corrected chi connectivity index (χ0v) is 20.0. The summed E-state index contributed by atoms with van der Waals surface area (Å²) in [7, 11) is -0.557. The highest BCUT2D eigenvalue weighted by Gasteiger charge is 2.28. The van der Waals surface area contributed by atoms with Gasteiger partial charge in [0.15, 0.2) is 26.5 Å². The molecular formula is C21H22ClN3O5S2. The molecule has 32 heavy (non-hydrogen) atoms. The first-order valence-electron chi connectivity index (χ1n) is 9.85. The van der Waals surface area contributed by atoms with E-state index in [0.29, 0.717) is 42.7 Å². The number of ether oxygens (including phenoxy) is 2. The number of thiazole rings is 1. The van der Waals surface area contributed by atoms with Gasteiger partial charge in [0, 0.05) is 31.2 Å². The highest BCUT2D eigenvalue weighted by atomic mass is 35.5. The maximum absolute atomic E-state index is 12.7. The second kappa shape index (κ2) is 9.13. The third-order valence-corrected chi connectivity index (χ3v) is 8.23. The Kier molecular flexibility index (Phi) is 6.45. The minimum atomic E-state index is -3.72. The van der Waals surface area contributed by atoms with E-state index in [-0.39, 0.29) is 4.90 Å². The van der Waals surface area contributed by atoms with Crippen molar-refractivity contribution in [2.24, 2.45) is 0 Å². The van der Waals surface area contributed by atoms with Crippen LogP contribution in [0.5, 0.6) is 11.5 Å². The molecule has 0 N–H and O–H groups in total. The number of methoxy groups -OCH3 is 2. The van der Waals surface area contributed by atoms with Gasteiger partial charge in [-0.05, 0) is 36.4 Å². The second-order valence-corrected chi connectivity index (χ2v) is 10.7. The van der Waals surface area contributed by atoms with Crippen molar-refractivity contribution in [3.05, 3.63) is 41.4 Å². The largest absolute Gasteiger partial charge is 0.493 e. The van der Waals surface area contributed by atoms with Crippen molar-refractivity contribution in [1.82, 2.24) is 9.88 Å². The summed E-state index contributed by atoms with van der Waals surface area (Å²) in [5.74, 6) is 0.241. The van der Waals surface area contributed by atoms with Crippen LogP contribution in [-0.4, -0.2) is 70.4 Å². The van der Waals surface area contributed by atoms with E-state index in [9.17, 15) is 13.2 Å². The van der Waals surface area contributed by atoms with E-state index in [1.54, 1.807) is 19.1 Å². The first-order chi connectivity index (χ1) is 15.3. The number of halogens is 1. The Balaban J connectivity index is 1.43. The second-order valence-electron chi connectivity index (χ2n) is 7.23. The van der Waals surface area contributed by atoms with Gasteiger partial charge in [-0.25, -0.2) is 13.4 Å². The number of carbonyl (C=O) groups excluding carboxylic acids is 1. The van der Waals surface area contributed by atoms with Gasteiger partial charge >= 0.3 is 0 Å². The van der Waals surface area contributed by atoms with E-state index in [4.69, 9.17) is 26.1 Å². The third-order valence-electron chi connectivity index (χ3n) is 5.28. The number of sulfone groups is 1. The van der Waals surface area contributed by atoms with E-state index in [1.807, 2.05) is 12.1 Å². The Labute approximate surface area is 195 Å². The summed E-state index contributed by atoms with van der Waals surface area (Å²) in [5, 5.41) is 1.27. The lowest BCUT2D eigenvalue weighted by Crippen LogP contribution is -2.50. The number of amides is 1. The highest BCUT2D eigenvalue weighted by molar-refractivity contribution is 7.92. The van der Waals surface area contributed by atoms with Crippen molar-refractivity contribution in [2.45, 2.75) is 4.90 Å². The Morgan fingerprint density at radius 2 is 1.75 bits per heavy atom. The van der Waals surface area contributed by atoms with Gasteiger partial charge < -0.3 is 19.3 Å². The molecule has 4 rings (SSSR count). The van der Waals surface area contributed by atoms with E-state index in [2.05, 4.69) is 4.90 Å². The van der Waals surface area contributed by atoms with Gasteiger partial charge in [0.2, 0.25) is 5.91 Å². The third kappa shape index (κ3) is 4.48. The molecule has 8 nitrogen and oxygen atoms in total. The number of hydrogen-bond donors (Lipinski definition) is 0. The average molecular weight is 496 g/mol. The molecule has 1 amide bonds. The van der Waals surface area contributed by atoms with Gasteiger partial charge in [0.25, 0.3) is 0 Å². The Morgan fingerprint density at radius 1 is 1.06 bits per heavy atom. The Hall–Kier alpha value is -2.56. The standard InChI is InChI=1S/C21H22ClN3O5S2/c1-29-16-7-8-17-19(20(16)30-2)23-21(31-17)25-11-9-24(10-12-25)18(26)13-32(27,28)15-5-3-14(22)4-6-15/h3-8H,9-13H2,1-2H3. The maximum atomic E-state index is 12.7. The quantitative estimate of drug-likeness (QED) is 0.519. The molecule has 0 aliphatic carbocycles. The molecule has 1 aromatic heterocycles. The minimum absolute atomic E-state index is 0.0905. The van der Waals surface area contributed by atoms with Crippen LogP contribution in [0, 0.1) is 0 Å². The van der Waals surface area contributed by atoms with Crippen molar-refractivity contribution < 1.29 is 22.7 Å². The van der Waals surface area contributed by atoms with Crippen LogP contribution in [0.3, 0.4) is 0 Å². The predicted octanol–water partition coefficient (Wildman–Crippen LogP) is 3.09. The molecule has 0 radical (unpaired) electrons. The van der Waals surface area contributed by atoms with Crippen LogP contribution in [-0.2, 0) is 14.6 Å². The molecule has 1 saturated heterocycles. The topological polar surface area (TPSA) is 89.0 Å². The van der Waals surface area contributed by atoms with Crippen LogP contribution in [0.1, 0.15) is 0 Å². The predicted molar refractivity (Wildman–Crippen MR) is 125 cm³/mol. The number of nitrogens with zero attached hydrogens (tertiary/aromatic N) is 3. The highest BCUT2D eigenvalue weighted by Crippen LogP contribution is 2.40. The summed E-state index contributed by atoms with van der Waals surface area (Å²) in [6.07, 6.45) is 0. The number of piperazine rings is 1. The molecule has 0 saturated carbocycles. The average Bonchev–Trinajstić information content (AvgIpc) is 3.23. The maximum Gasteiger partial charge on any atom is 0.238 e. The number of rotatable bonds is 6. The van der Waals surface area contributed by atoms with E-state index in [1.165, 1.54) is 35.6 Å². The van der Waals surface area contributed by atoms with E-state index in [0.717, 1.165) is 15.3 Å². The van der Waals surface area contributed by atoms with Crippen molar-refractivity contribution in [1.29, 1.82) is 0 Å². The molecule has 2 heterocycles. The normalized spacial score (nSPS) is 14.6. The molecule has 0 atom stereocenters. The van der Waals surface area contributed by atoms with Crippen LogP contribution >= 0.6 is 22.9 Å². The Bertz CT molecular complexity index is 1240. The molecule has 0 spiro atoms. The van der Waals surface area contributed by atoms with Crippen LogP contribution in [0.2, 0.25) is 5.02 Å². The molecule has 170 valence electrons. The molecule has 2 aromatic carbocycles. The fraction of sp³-hybridized carbons (Fsp3) is 0.333. The van der Waals surface area contributed by atoms with Crippen molar-refractivity contribution >= 4 is 54.0 Å². The van der Waals surface area contributed by atoms with E-state index >= 15 is 0 Å². The fourth-order valence-corrected chi connectivity index (χ4v) is 5.93. The molecule has 1 aliphatic rings. The van der Waals surface area contributed by atoms with Crippen LogP contribution in [0.15, 0.2) is 41.3 Å². The van der Waals surface area contributed by atoms with Gasteiger partial charge in [0.1, 0.15) is 11.3 Å². The number of benzene rings is 2. The molecule has 0 bridgehead atoms. The van der Waals surface area contributed by atoms with Gasteiger partial charge in [-0.3, -0.25) is 4.79 Å². The van der Waals surface area contributed by atoms with Crippen molar-refractivity contribution in [3.63, 3.8) is 0 Å². The van der Waals surface area contributed by atoms with Gasteiger partial charge in [-0.2, -0.15) is 0 Å². The van der Waals surface area contributed by atoms with Crippen molar-refractivity contribution in [2.75, 3.05) is 51.1 Å². The lowest BCUT2D eigenvalue weighted by atomic mass is 10.3. The smallest absolute Gasteiger partial charge is 0.238 e. The summed E-state index contributed by atoms with van der Waals surface area (Å²) in [6.45, 7) is 1.97. The van der Waals surface area contributed by atoms with Gasteiger partial charge in [0.05, 0.1) is 23.8 Å². The summed E-state index contributed by atoms with van der Waals surface area (Å²) in [6, 6.07) is 9.62. The number of fused-ring (bicyclic) bond motifs is 1. The zero-order chi connectivity index (χ0) is 22.9. The van der Waals surface area contributed by atoms with Crippen LogP contribution < -0.4 is 14.4 Å². The summed E-state index contributed by atoms with van der Waals surface area (Å²) >= 11 is 7.36. The number of carbonyl (C=O) groups is 1. The molecule has 1 fully saturated rings. The van der Waals surface area contributed by atoms with Gasteiger partial charge in [-0.1, -0.05) is 22.9 Å². The first kappa shape index (κ1) is 22.6. The van der Waals surface area contributed by atoms with Gasteiger partial charge in [-0.15, -0.1) is 0 Å². The fourth-order valence-electron chi connectivity index (χ4n) is 3.56. The molecule has 3 aromatic rings. The summed E-state index contributed by atoms with van der Waals surface area (Å²) in [5.41, 5.74) is 0.736.